The zero-order valence-corrected chi connectivity index (χ0v) is 11.7. The Labute approximate surface area is 120 Å². The Morgan fingerprint density at radius 2 is 2.10 bits per heavy atom. The van der Waals surface area contributed by atoms with Crippen LogP contribution in [0.1, 0.15) is 16.2 Å². The average Bonchev–Trinajstić information content (AvgIpc) is 2.81. The van der Waals surface area contributed by atoms with Crippen LogP contribution >= 0.6 is 0 Å². The second kappa shape index (κ2) is 4.86. The minimum absolute atomic E-state index is 0.174. The van der Waals surface area contributed by atoms with Gasteiger partial charge < -0.3 is 0 Å². The molecule has 0 atom stereocenters. The van der Waals surface area contributed by atoms with E-state index >= 15 is 0 Å². The minimum Gasteiger partial charge on any atom is -0.282 e. The highest BCUT2D eigenvalue weighted by molar-refractivity contribution is 5.98. The molecule has 3 aromatic rings. The third-order valence-electron chi connectivity index (χ3n) is 3.17. The third-order valence-corrected chi connectivity index (χ3v) is 3.17. The molecule has 0 saturated carbocycles. The summed E-state index contributed by atoms with van der Waals surface area (Å²) in [4.78, 5) is 16.5. The van der Waals surface area contributed by atoms with Crippen LogP contribution < -0.4 is 10.9 Å². The Kier molecular flexibility index (Phi) is 3.02. The predicted octanol–water partition coefficient (Wildman–Crippen LogP) is 0.942. The predicted molar refractivity (Wildman–Crippen MR) is 77.2 cm³/mol. The largest absolute Gasteiger partial charge is 0.288 e. The van der Waals surface area contributed by atoms with Gasteiger partial charge in [0.1, 0.15) is 12.0 Å². The minimum atomic E-state index is -0.339. The van der Waals surface area contributed by atoms with Crippen molar-refractivity contribution >= 4 is 16.8 Å². The lowest BCUT2D eigenvalue weighted by Gasteiger charge is -2.09. The smallest absolute Gasteiger partial charge is 0.282 e. The molecule has 2 heterocycles. The number of nitrogens with zero attached hydrogens (tertiary/aromatic N) is 4. The molecule has 0 radical (unpaired) electrons. The first kappa shape index (κ1) is 13.0. The van der Waals surface area contributed by atoms with Gasteiger partial charge in [-0.15, -0.1) is 0 Å². The van der Waals surface area contributed by atoms with Crippen LogP contribution in [-0.4, -0.2) is 25.3 Å². The standard InChI is InChI=1S/C14H14N6O/c1-9-7-12(19(2)17-9)14(21)18-20-8-16-11-6-4-3-5-10(11)13(20)15/h3-8,15H,1-2H3,(H,18,21). The van der Waals surface area contributed by atoms with Crippen molar-refractivity contribution in [3.8, 4) is 0 Å². The molecule has 21 heavy (non-hydrogen) atoms. The van der Waals surface area contributed by atoms with Crippen LogP contribution in [0.3, 0.4) is 0 Å². The SMILES string of the molecule is Cc1cc(C(=O)Nn2cnc3ccccc3c2=N)n(C)n1. The number of amides is 1. The van der Waals surface area contributed by atoms with Crippen molar-refractivity contribution in [1.29, 1.82) is 5.41 Å². The monoisotopic (exact) mass is 282 g/mol. The van der Waals surface area contributed by atoms with Gasteiger partial charge in [0.05, 0.1) is 11.2 Å². The van der Waals surface area contributed by atoms with Gasteiger partial charge in [0, 0.05) is 12.4 Å². The molecule has 2 N–H and O–H groups in total. The summed E-state index contributed by atoms with van der Waals surface area (Å²) in [5.74, 6) is -0.339. The Hall–Kier alpha value is -2.96. The van der Waals surface area contributed by atoms with Crippen molar-refractivity contribution in [2.24, 2.45) is 7.05 Å². The molecule has 0 aliphatic rings. The topological polar surface area (TPSA) is 88.6 Å². The first-order chi connectivity index (χ1) is 10.1. The summed E-state index contributed by atoms with van der Waals surface area (Å²) in [5, 5.41) is 12.9. The molecule has 106 valence electrons. The molecular formula is C14H14N6O. The van der Waals surface area contributed by atoms with Gasteiger partial charge in [-0.25, -0.2) is 9.66 Å². The van der Waals surface area contributed by atoms with E-state index in [0.717, 1.165) is 5.69 Å². The summed E-state index contributed by atoms with van der Waals surface area (Å²) in [6, 6.07) is 8.99. The molecule has 0 aliphatic carbocycles. The zero-order valence-electron chi connectivity index (χ0n) is 11.7. The normalized spacial score (nSPS) is 10.8. The number of aromatic nitrogens is 4. The van der Waals surface area contributed by atoms with E-state index in [-0.39, 0.29) is 11.4 Å². The van der Waals surface area contributed by atoms with Crippen LogP contribution in [0.4, 0.5) is 0 Å². The van der Waals surface area contributed by atoms with Crippen LogP contribution in [0, 0.1) is 12.3 Å². The summed E-state index contributed by atoms with van der Waals surface area (Å²) in [6.45, 7) is 1.82. The lowest BCUT2D eigenvalue weighted by molar-refractivity contribution is 0.0997. The fourth-order valence-electron chi connectivity index (χ4n) is 2.17. The molecule has 7 heteroatoms. The van der Waals surface area contributed by atoms with E-state index < -0.39 is 0 Å². The van der Waals surface area contributed by atoms with Crippen LogP contribution in [0.2, 0.25) is 0 Å². The number of nitrogens with one attached hydrogen (secondary N) is 2. The number of para-hydroxylation sites is 1. The molecule has 0 bridgehead atoms. The van der Waals surface area contributed by atoms with Crippen molar-refractivity contribution in [1.82, 2.24) is 19.4 Å². The van der Waals surface area contributed by atoms with Crippen molar-refractivity contribution in [2.45, 2.75) is 6.92 Å². The van der Waals surface area contributed by atoms with Gasteiger partial charge in [-0.1, -0.05) is 12.1 Å². The van der Waals surface area contributed by atoms with Gasteiger partial charge >= 0.3 is 0 Å². The number of carbonyl (C=O) groups excluding carboxylic acids is 1. The second-order valence-corrected chi connectivity index (χ2v) is 4.72. The molecule has 0 fully saturated rings. The molecule has 0 spiro atoms. The number of aryl methyl sites for hydroxylation is 2. The number of rotatable bonds is 2. The Bertz CT molecular complexity index is 892. The van der Waals surface area contributed by atoms with E-state index in [1.54, 1.807) is 19.2 Å². The summed E-state index contributed by atoms with van der Waals surface area (Å²) < 4.78 is 2.80. The van der Waals surface area contributed by atoms with Crippen LogP contribution in [0.25, 0.3) is 10.9 Å². The van der Waals surface area contributed by atoms with E-state index in [9.17, 15) is 4.79 Å². The molecule has 3 rings (SSSR count). The van der Waals surface area contributed by atoms with Crippen molar-refractivity contribution < 1.29 is 4.79 Å². The van der Waals surface area contributed by atoms with E-state index in [1.807, 2.05) is 25.1 Å². The Morgan fingerprint density at radius 1 is 1.33 bits per heavy atom. The van der Waals surface area contributed by atoms with Crippen molar-refractivity contribution in [3.63, 3.8) is 0 Å². The molecule has 7 nitrogen and oxygen atoms in total. The maximum atomic E-state index is 12.2. The van der Waals surface area contributed by atoms with Gasteiger partial charge in [0.15, 0.2) is 5.49 Å². The van der Waals surface area contributed by atoms with Gasteiger partial charge in [-0.2, -0.15) is 5.10 Å². The van der Waals surface area contributed by atoms with Crippen molar-refractivity contribution in [2.75, 3.05) is 5.43 Å². The van der Waals surface area contributed by atoms with Gasteiger partial charge in [0.2, 0.25) is 0 Å². The summed E-state index contributed by atoms with van der Waals surface area (Å²) in [6.07, 6.45) is 1.42. The third kappa shape index (κ3) is 2.29. The fraction of sp³-hybridized carbons (Fsp3) is 0.143. The van der Waals surface area contributed by atoms with E-state index in [2.05, 4.69) is 15.5 Å². The summed E-state index contributed by atoms with van der Waals surface area (Å²) in [5.41, 5.74) is 4.71. The molecule has 0 saturated heterocycles. The molecule has 2 aromatic heterocycles. The van der Waals surface area contributed by atoms with Crippen molar-refractivity contribution in [3.05, 3.63) is 53.5 Å². The number of hydrogen-bond donors (Lipinski definition) is 2. The number of benzene rings is 1. The maximum absolute atomic E-state index is 12.2. The quantitative estimate of drug-likeness (QED) is 0.733. The lowest BCUT2D eigenvalue weighted by Crippen LogP contribution is -2.34. The van der Waals surface area contributed by atoms with E-state index in [1.165, 1.54) is 15.7 Å². The number of fused-ring (bicyclic) bond motifs is 1. The molecule has 1 aromatic carbocycles. The Balaban J connectivity index is 1.99. The van der Waals surface area contributed by atoms with Gasteiger partial charge in [-0.05, 0) is 25.1 Å². The highest BCUT2D eigenvalue weighted by Gasteiger charge is 2.12. The second-order valence-electron chi connectivity index (χ2n) is 4.72. The van der Waals surface area contributed by atoms with Crippen LogP contribution in [0.5, 0.6) is 0 Å². The van der Waals surface area contributed by atoms with Crippen LogP contribution in [-0.2, 0) is 7.05 Å². The van der Waals surface area contributed by atoms with Crippen LogP contribution in [0.15, 0.2) is 36.7 Å². The zero-order chi connectivity index (χ0) is 15.0. The highest BCUT2D eigenvalue weighted by atomic mass is 16.2. The molecule has 0 aliphatic heterocycles. The fourth-order valence-corrected chi connectivity index (χ4v) is 2.17. The maximum Gasteiger partial charge on any atom is 0.288 e. The first-order valence-corrected chi connectivity index (χ1v) is 6.39. The average molecular weight is 282 g/mol. The van der Waals surface area contributed by atoms with E-state index in [4.69, 9.17) is 5.41 Å². The first-order valence-electron chi connectivity index (χ1n) is 6.39. The molecular weight excluding hydrogens is 268 g/mol. The molecule has 1 amide bonds. The number of carbonyl (C=O) groups is 1. The van der Waals surface area contributed by atoms with E-state index in [0.29, 0.717) is 16.6 Å². The van der Waals surface area contributed by atoms with Gasteiger partial charge in [0.25, 0.3) is 5.91 Å². The Morgan fingerprint density at radius 3 is 2.81 bits per heavy atom. The summed E-state index contributed by atoms with van der Waals surface area (Å²) in [7, 11) is 1.70. The lowest BCUT2D eigenvalue weighted by atomic mass is 10.2. The van der Waals surface area contributed by atoms with Gasteiger partial charge in [-0.3, -0.25) is 20.3 Å². The number of hydrogen-bond acceptors (Lipinski definition) is 4. The molecule has 0 unspecified atom stereocenters. The summed E-state index contributed by atoms with van der Waals surface area (Å²) >= 11 is 0. The highest BCUT2D eigenvalue weighted by Crippen LogP contribution is 2.05.